The van der Waals surface area contributed by atoms with E-state index in [1.165, 1.54) is 34.9 Å². The van der Waals surface area contributed by atoms with Crippen LogP contribution in [0.2, 0.25) is 0 Å². The summed E-state index contributed by atoms with van der Waals surface area (Å²) in [6.45, 7) is 3.83. The summed E-state index contributed by atoms with van der Waals surface area (Å²) < 4.78 is 20.7. The molecule has 20 heavy (non-hydrogen) atoms. The van der Waals surface area contributed by atoms with Gasteiger partial charge < -0.3 is 24.3 Å². The monoisotopic (exact) mass is 289 g/mol. The molecule has 1 aliphatic rings. The van der Waals surface area contributed by atoms with Crippen LogP contribution in [-0.2, 0) is 33.3 Å². The van der Waals surface area contributed by atoms with Crippen molar-refractivity contribution in [1.82, 2.24) is 5.32 Å². The number of hydrogen-bond acceptors (Lipinski definition) is 7. The predicted molar refractivity (Wildman–Crippen MR) is 65.5 cm³/mol. The van der Waals surface area contributed by atoms with Gasteiger partial charge in [-0.1, -0.05) is 0 Å². The molecule has 0 bridgehead atoms. The van der Waals surface area contributed by atoms with E-state index in [0.717, 1.165) is 0 Å². The first-order chi connectivity index (χ1) is 9.26. The van der Waals surface area contributed by atoms with E-state index < -0.39 is 41.9 Å². The molecule has 0 aromatic carbocycles. The molecule has 0 aromatic rings. The van der Waals surface area contributed by atoms with Gasteiger partial charge in [0.15, 0.2) is 24.1 Å². The summed E-state index contributed by atoms with van der Waals surface area (Å²) in [5.74, 6) is -1.73. The number of amides is 1. The van der Waals surface area contributed by atoms with Crippen LogP contribution in [-0.4, -0.2) is 56.1 Å². The Morgan fingerprint density at radius 3 is 2.10 bits per heavy atom. The minimum absolute atomic E-state index is 0.513. The minimum Gasteiger partial charge on any atom is -0.455 e. The van der Waals surface area contributed by atoms with Crippen molar-refractivity contribution in [2.24, 2.45) is 0 Å². The number of nitrogens with one attached hydrogen (secondary N) is 1. The van der Waals surface area contributed by atoms with Crippen molar-refractivity contribution in [3.63, 3.8) is 0 Å². The Bertz CT molecular complexity index is 411. The maximum atomic E-state index is 12.0. The lowest BCUT2D eigenvalue weighted by Gasteiger charge is -2.28. The van der Waals surface area contributed by atoms with Crippen molar-refractivity contribution in [2.75, 3.05) is 14.2 Å². The van der Waals surface area contributed by atoms with Crippen LogP contribution in [0, 0.1) is 0 Å². The van der Waals surface area contributed by atoms with E-state index in [1.54, 1.807) is 0 Å². The smallest absolute Gasteiger partial charge is 0.303 e. The van der Waals surface area contributed by atoms with E-state index in [0.29, 0.717) is 0 Å². The molecule has 0 saturated carbocycles. The fourth-order valence-electron chi connectivity index (χ4n) is 2.11. The van der Waals surface area contributed by atoms with Crippen molar-refractivity contribution in [3.05, 3.63) is 0 Å². The van der Waals surface area contributed by atoms with E-state index in [2.05, 4.69) is 5.32 Å². The summed E-state index contributed by atoms with van der Waals surface area (Å²) in [7, 11) is 2.75. The lowest BCUT2D eigenvalue weighted by Crippen LogP contribution is -2.54. The van der Waals surface area contributed by atoms with Gasteiger partial charge in [-0.15, -0.1) is 0 Å². The number of carbonyl (C=O) groups is 3. The lowest BCUT2D eigenvalue weighted by atomic mass is 9.96. The van der Waals surface area contributed by atoms with Crippen LogP contribution in [0.4, 0.5) is 0 Å². The van der Waals surface area contributed by atoms with Crippen LogP contribution in [0.5, 0.6) is 0 Å². The Labute approximate surface area is 116 Å². The Morgan fingerprint density at radius 2 is 1.70 bits per heavy atom. The number of methoxy groups -OCH3 is 1. The van der Waals surface area contributed by atoms with Gasteiger partial charge in [0.05, 0.1) is 0 Å². The average molecular weight is 289 g/mol. The summed E-state index contributed by atoms with van der Waals surface area (Å²) in [4.78, 5) is 34.4. The van der Waals surface area contributed by atoms with E-state index >= 15 is 0 Å². The van der Waals surface area contributed by atoms with Crippen LogP contribution in [0.15, 0.2) is 0 Å². The van der Waals surface area contributed by atoms with Gasteiger partial charge in [-0.25, -0.2) is 0 Å². The largest absolute Gasteiger partial charge is 0.455 e. The molecule has 1 fully saturated rings. The third kappa shape index (κ3) is 3.07. The highest BCUT2D eigenvalue weighted by Gasteiger charge is 2.60. The molecule has 8 heteroatoms. The average Bonchev–Trinajstić information content (AvgIpc) is 2.62. The number of esters is 2. The Balaban J connectivity index is 3.15. The molecule has 114 valence electrons. The number of ether oxygens (including phenoxy) is 4. The highest BCUT2D eigenvalue weighted by atomic mass is 16.7. The molecule has 0 aliphatic carbocycles. The van der Waals surface area contributed by atoms with Gasteiger partial charge in [-0.3, -0.25) is 14.4 Å². The number of hydrogen-bond donors (Lipinski definition) is 1. The van der Waals surface area contributed by atoms with Crippen LogP contribution >= 0.6 is 0 Å². The normalized spacial score (nSPS) is 32.5. The molecule has 0 radical (unpaired) electrons. The van der Waals surface area contributed by atoms with Gasteiger partial charge in [-0.05, 0) is 6.92 Å². The highest BCUT2D eigenvalue weighted by molar-refractivity contribution is 5.86. The molecule has 1 aliphatic heterocycles. The van der Waals surface area contributed by atoms with Crippen molar-refractivity contribution < 1.29 is 33.3 Å². The second-order valence-electron chi connectivity index (χ2n) is 4.51. The first-order valence-electron chi connectivity index (χ1n) is 6.03. The molecule has 8 nitrogen and oxygen atoms in total. The molecular weight excluding hydrogens is 270 g/mol. The summed E-state index contributed by atoms with van der Waals surface area (Å²) in [6, 6.07) is 0. The summed E-state index contributed by atoms with van der Waals surface area (Å²) in [5.41, 5.74) is -1.51. The molecule has 1 N–H and O–H groups in total. The van der Waals surface area contributed by atoms with Gasteiger partial charge >= 0.3 is 11.9 Å². The topological polar surface area (TPSA) is 100 Å². The number of carbonyl (C=O) groups excluding carboxylic acids is 3. The molecular formula is C12H19NO7. The second-order valence-corrected chi connectivity index (χ2v) is 4.51. The Hall–Kier alpha value is -1.67. The second kappa shape index (κ2) is 6.19. The van der Waals surface area contributed by atoms with Crippen LogP contribution in [0.3, 0.4) is 0 Å². The SMILES string of the molecule is CNC(=O)[C@@]1(C)O[C@H](OC)[C@H](OC(C)=O)[C@@H]1OC(C)=O. The first-order valence-corrected chi connectivity index (χ1v) is 6.03. The van der Waals surface area contributed by atoms with Gasteiger partial charge in [0.2, 0.25) is 0 Å². The zero-order valence-corrected chi connectivity index (χ0v) is 12.1. The van der Waals surface area contributed by atoms with Crippen molar-refractivity contribution in [3.8, 4) is 0 Å². The fourth-order valence-corrected chi connectivity index (χ4v) is 2.11. The number of likely N-dealkylation sites (N-methyl/N-ethyl adjacent to an activating group) is 1. The molecule has 0 aromatic heterocycles. The van der Waals surface area contributed by atoms with Gasteiger partial charge in [-0.2, -0.15) is 0 Å². The fraction of sp³-hybridized carbons (Fsp3) is 0.750. The maximum absolute atomic E-state index is 12.0. The summed E-state index contributed by atoms with van der Waals surface area (Å²) in [5, 5.41) is 2.42. The molecule has 1 saturated heterocycles. The highest BCUT2D eigenvalue weighted by Crippen LogP contribution is 2.36. The molecule has 1 heterocycles. The van der Waals surface area contributed by atoms with Crippen molar-refractivity contribution in [2.45, 2.75) is 44.9 Å². The standard InChI is InChI=1S/C12H19NO7/c1-6(14)18-8-9(19-7(2)15)12(3,11(16)13-4)20-10(8)17-5/h8-10H,1-5H3,(H,13,16)/t8-,9+,10+,12+/m1/s1. The van der Waals surface area contributed by atoms with E-state index in [-0.39, 0.29) is 0 Å². The third-order valence-electron chi connectivity index (χ3n) is 2.98. The van der Waals surface area contributed by atoms with Crippen molar-refractivity contribution >= 4 is 17.8 Å². The first kappa shape index (κ1) is 16.4. The molecule has 0 spiro atoms. The Morgan fingerprint density at radius 1 is 1.15 bits per heavy atom. The Kier molecular flexibility index (Phi) is 5.07. The summed E-state index contributed by atoms with van der Waals surface area (Å²) in [6.07, 6.45) is -3.14. The summed E-state index contributed by atoms with van der Waals surface area (Å²) >= 11 is 0. The quantitative estimate of drug-likeness (QED) is 0.687. The maximum Gasteiger partial charge on any atom is 0.303 e. The van der Waals surface area contributed by atoms with E-state index in [9.17, 15) is 14.4 Å². The van der Waals surface area contributed by atoms with Gasteiger partial charge in [0, 0.05) is 28.0 Å². The lowest BCUT2D eigenvalue weighted by molar-refractivity contribution is -0.189. The third-order valence-corrected chi connectivity index (χ3v) is 2.98. The predicted octanol–water partition coefficient (Wildman–Crippen LogP) is -0.643. The molecule has 0 unspecified atom stereocenters. The molecule has 1 rings (SSSR count). The van der Waals surface area contributed by atoms with Gasteiger partial charge in [0.25, 0.3) is 5.91 Å². The van der Waals surface area contributed by atoms with Crippen LogP contribution in [0.1, 0.15) is 20.8 Å². The zero-order chi connectivity index (χ0) is 15.5. The van der Waals surface area contributed by atoms with Gasteiger partial charge in [0.1, 0.15) is 0 Å². The van der Waals surface area contributed by atoms with E-state index in [4.69, 9.17) is 18.9 Å². The number of rotatable bonds is 4. The molecule has 4 atom stereocenters. The molecule has 1 amide bonds. The zero-order valence-electron chi connectivity index (χ0n) is 12.1. The van der Waals surface area contributed by atoms with E-state index in [1.807, 2.05) is 0 Å². The minimum atomic E-state index is -1.51. The van der Waals surface area contributed by atoms with Crippen LogP contribution < -0.4 is 5.32 Å². The van der Waals surface area contributed by atoms with Crippen LogP contribution in [0.25, 0.3) is 0 Å². The van der Waals surface area contributed by atoms with Crippen molar-refractivity contribution in [1.29, 1.82) is 0 Å².